The maximum absolute atomic E-state index is 12.7. The van der Waals surface area contributed by atoms with Gasteiger partial charge in [0.2, 0.25) is 0 Å². The van der Waals surface area contributed by atoms with E-state index in [1.165, 1.54) is 4.68 Å². The van der Waals surface area contributed by atoms with Gasteiger partial charge in [-0.1, -0.05) is 17.7 Å². The smallest absolute Gasteiger partial charge is 0.282 e. The molecule has 1 aliphatic rings. The van der Waals surface area contributed by atoms with Crippen LogP contribution in [0.1, 0.15) is 16.8 Å². The second kappa shape index (κ2) is 7.58. The van der Waals surface area contributed by atoms with Gasteiger partial charge >= 0.3 is 0 Å². The molecule has 8 heteroatoms. The third kappa shape index (κ3) is 3.88. The van der Waals surface area contributed by atoms with Crippen LogP contribution >= 0.6 is 27.5 Å². The average molecular weight is 426 g/mol. The Balaban J connectivity index is 1.76. The summed E-state index contributed by atoms with van der Waals surface area (Å²) in [5, 5.41) is 4.65. The molecule has 0 radical (unpaired) electrons. The van der Waals surface area contributed by atoms with E-state index in [1.807, 2.05) is 4.90 Å². The van der Waals surface area contributed by atoms with E-state index >= 15 is 0 Å². The number of aryl methyl sites for hydroxylation is 1. The molecule has 25 heavy (non-hydrogen) atoms. The van der Waals surface area contributed by atoms with Crippen LogP contribution in [0.3, 0.4) is 0 Å². The Morgan fingerprint density at radius 1 is 1.24 bits per heavy atom. The van der Waals surface area contributed by atoms with Crippen molar-refractivity contribution in [2.75, 3.05) is 31.1 Å². The van der Waals surface area contributed by atoms with Gasteiger partial charge in [-0.2, -0.15) is 5.10 Å². The van der Waals surface area contributed by atoms with Crippen LogP contribution in [0.5, 0.6) is 0 Å². The summed E-state index contributed by atoms with van der Waals surface area (Å²) in [6, 6.07) is 7.00. The standard InChI is InChI=1S/C17H18BrClN4O2/c1-21-17(25)15(18)14(11-20-21)22-6-3-7-23(9-8-22)16(24)12-4-2-5-13(19)10-12/h2,4-5,10-11H,3,6-9H2,1H3. The van der Waals surface area contributed by atoms with Gasteiger partial charge in [0.25, 0.3) is 11.5 Å². The monoisotopic (exact) mass is 424 g/mol. The first-order valence-corrected chi connectivity index (χ1v) is 9.16. The van der Waals surface area contributed by atoms with Gasteiger partial charge in [-0.25, -0.2) is 4.68 Å². The molecule has 1 aromatic heterocycles. The molecule has 0 bridgehead atoms. The third-order valence-corrected chi connectivity index (χ3v) is 5.24. The van der Waals surface area contributed by atoms with E-state index in [4.69, 9.17) is 11.6 Å². The first-order valence-electron chi connectivity index (χ1n) is 7.99. The van der Waals surface area contributed by atoms with Gasteiger partial charge in [0.05, 0.1) is 11.9 Å². The summed E-state index contributed by atoms with van der Waals surface area (Å²) in [4.78, 5) is 28.7. The maximum atomic E-state index is 12.7. The molecule has 3 rings (SSSR count). The van der Waals surface area contributed by atoms with Crippen LogP contribution in [-0.2, 0) is 7.05 Å². The van der Waals surface area contributed by atoms with Crippen molar-refractivity contribution in [3.63, 3.8) is 0 Å². The molecule has 6 nitrogen and oxygen atoms in total. The van der Waals surface area contributed by atoms with Crippen molar-refractivity contribution in [3.8, 4) is 0 Å². The summed E-state index contributed by atoms with van der Waals surface area (Å²) in [7, 11) is 1.62. The minimum absolute atomic E-state index is 0.0227. The summed E-state index contributed by atoms with van der Waals surface area (Å²) in [5.41, 5.74) is 1.19. The number of rotatable bonds is 2. The summed E-state index contributed by atoms with van der Waals surface area (Å²) >= 11 is 9.36. The largest absolute Gasteiger partial charge is 0.367 e. The Morgan fingerprint density at radius 3 is 2.80 bits per heavy atom. The number of nitrogens with zero attached hydrogens (tertiary/aromatic N) is 4. The minimum atomic E-state index is -0.173. The number of amides is 1. The molecule has 1 fully saturated rings. The van der Waals surface area contributed by atoms with Crippen LogP contribution in [-0.4, -0.2) is 46.8 Å². The maximum Gasteiger partial charge on any atom is 0.282 e. The van der Waals surface area contributed by atoms with Crippen LogP contribution in [0.15, 0.2) is 39.7 Å². The normalized spacial score (nSPS) is 15.2. The van der Waals surface area contributed by atoms with Gasteiger partial charge in [0.1, 0.15) is 4.47 Å². The van der Waals surface area contributed by atoms with Gasteiger partial charge in [0, 0.05) is 43.8 Å². The van der Waals surface area contributed by atoms with Crippen molar-refractivity contribution < 1.29 is 4.79 Å². The fourth-order valence-corrected chi connectivity index (χ4v) is 3.69. The molecule has 0 N–H and O–H groups in total. The number of anilines is 1. The Morgan fingerprint density at radius 2 is 2.04 bits per heavy atom. The Hall–Kier alpha value is -1.86. The van der Waals surface area contributed by atoms with Crippen molar-refractivity contribution in [2.24, 2.45) is 7.05 Å². The van der Waals surface area contributed by atoms with Crippen molar-refractivity contribution in [1.82, 2.24) is 14.7 Å². The third-order valence-electron chi connectivity index (χ3n) is 4.26. The fourth-order valence-electron chi connectivity index (χ4n) is 2.89. The predicted molar refractivity (Wildman–Crippen MR) is 101 cm³/mol. The highest BCUT2D eigenvalue weighted by atomic mass is 79.9. The van der Waals surface area contributed by atoms with Crippen LogP contribution < -0.4 is 10.5 Å². The van der Waals surface area contributed by atoms with Gasteiger partial charge in [0.15, 0.2) is 0 Å². The lowest BCUT2D eigenvalue weighted by Crippen LogP contribution is -2.36. The van der Waals surface area contributed by atoms with Gasteiger partial charge < -0.3 is 9.80 Å². The van der Waals surface area contributed by atoms with E-state index in [1.54, 1.807) is 37.5 Å². The number of benzene rings is 1. The average Bonchev–Trinajstić information content (AvgIpc) is 2.85. The molecule has 1 amide bonds. The molecule has 2 aromatic rings. The topological polar surface area (TPSA) is 58.4 Å². The molecule has 1 aromatic carbocycles. The number of carbonyl (C=O) groups is 1. The predicted octanol–water partition coefficient (Wildman–Crippen LogP) is 2.55. The number of aromatic nitrogens is 2. The molecule has 0 spiro atoms. The highest BCUT2D eigenvalue weighted by molar-refractivity contribution is 9.10. The summed E-state index contributed by atoms with van der Waals surface area (Å²) in [6.45, 7) is 2.64. The molecule has 2 heterocycles. The minimum Gasteiger partial charge on any atom is -0.367 e. The second-order valence-electron chi connectivity index (χ2n) is 5.92. The van der Waals surface area contributed by atoms with E-state index in [2.05, 4.69) is 25.9 Å². The lowest BCUT2D eigenvalue weighted by Gasteiger charge is -2.24. The Kier molecular flexibility index (Phi) is 5.44. The van der Waals surface area contributed by atoms with Crippen LogP contribution in [0.25, 0.3) is 0 Å². The first-order chi connectivity index (χ1) is 12.0. The van der Waals surface area contributed by atoms with Crippen molar-refractivity contribution in [1.29, 1.82) is 0 Å². The van der Waals surface area contributed by atoms with Crippen LogP contribution in [0.4, 0.5) is 5.69 Å². The number of hydrogen-bond acceptors (Lipinski definition) is 4. The van der Waals surface area contributed by atoms with E-state index in [0.717, 1.165) is 18.7 Å². The van der Waals surface area contributed by atoms with Gasteiger partial charge in [-0.15, -0.1) is 0 Å². The van der Waals surface area contributed by atoms with Gasteiger partial charge in [-0.3, -0.25) is 9.59 Å². The highest BCUT2D eigenvalue weighted by Gasteiger charge is 2.22. The zero-order chi connectivity index (χ0) is 18.0. The number of halogens is 2. The van der Waals surface area contributed by atoms with Crippen molar-refractivity contribution in [3.05, 3.63) is 55.9 Å². The van der Waals surface area contributed by atoms with Crippen LogP contribution in [0, 0.1) is 0 Å². The molecule has 1 aliphatic heterocycles. The fraction of sp³-hybridized carbons (Fsp3) is 0.353. The lowest BCUT2D eigenvalue weighted by atomic mass is 10.2. The lowest BCUT2D eigenvalue weighted by molar-refractivity contribution is 0.0767. The Bertz CT molecular complexity index is 855. The summed E-state index contributed by atoms with van der Waals surface area (Å²) in [6.07, 6.45) is 2.49. The number of hydrogen-bond donors (Lipinski definition) is 0. The summed E-state index contributed by atoms with van der Waals surface area (Å²) in [5.74, 6) is -0.0227. The van der Waals surface area contributed by atoms with Crippen molar-refractivity contribution in [2.45, 2.75) is 6.42 Å². The zero-order valence-corrected chi connectivity index (χ0v) is 16.1. The molecule has 0 saturated carbocycles. The SMILES string of the molecule is Cn1ncc(N2CCCN(C(=O)c3cccc(Cl)c3)CC2)c(Br)c1=O. The van der Waals surface area contributed by atoms with E-state index in [-0.39, 0.29) is 11.5 Å². The molecule has 0 aliphatic carbocycles. The molecule has 0 atom stereocenters. The number of carbonyl (C=O) groups excluding carboxylic acids is 1. The quantitative estimate of drug-likeness (QED) is 0.742. The molecule has 0 unspecified atom stereocenters. The molecule has 1 saturated heterocycles. The first kappa shape index (κ1) is 17.9. The highest BCUT2D eigenvalue weighted by Crippen LogP contribution is 2.23. The zero-order valence-electron chi connectivity index (χ0n) is 13.8. The second-order valence-corrected chi connectivity index (χ2v) is 7.15. The van der Waals surface area contributed by atoms with Crippen LogP contribution in [0.2, 0.25) is 5.02 Å². The van der Waals surface area contributed by atoms with E-state index in [0.29, 0.717) is 34.7 Å². The summed E-state index contributed by atoms with van der Waals surface area (Å²) < 4.78 is 1.79. The molecular formula is C17H18BrClN4O2. The van der Waals surface area contributed by atoms with E-state index < -0.39 is 0 Å². The van der Waals surface area contributed by atoms with Gasteiger partial charge in [-0.05, 0) is 40.5 Å². The Labute approximate surface area is 159 Å². The molecular weight excluding hydrogens is 408 g/mol. The van der Waals surface area contributed by atoms with Crippen molar-refractivity contribution >= 4 is 39.1 Å². The van der Waals surface area contributed by atoms with E-state index in [9.17, 15) is 9.59 Å². The molecule has 132 valence electrons.